The molecule has 0 aliphatic carbocycles. The molecule has 0 fully saturated rings. The van der Waals surface area contributed by atoms with Gasteiger partial charge in [0.1, 0.15) is 0 Å². The minimum absolute atomic E-state index is 0.0133. The van der Waals surface area contributed by atoms with Gasteiger partial charge in [0.05, 0.1) is 11.1 Å². The van der Waals surface area contributed by atoms with E-state index < -0.39 is 11.7 Å². The van der Waals surface area contributed by atoms with Gasteiger partial charge < -0.3 is 10.4 Å². The zero-order valence-electron chi connectivity index (χ0n) is 13.7. The van der Waals surface area contributed by atoms with Gasteiger partial charge in [-0.15, -0.1) is 0 Å². The second kappa shape index (κ2) is 8.11. The monoisotopic (exact) mass is 352 g/mol. The number of aromatic nitrogens is 1. The normalized spacial score (nSPS) is 12.7. The van der Waals surface area contributed by atoms with Crippen LogP contribution in [-0.2, 0) is 6.18 Å². The first kappa shape index (κ1) is 18.9. The fourth-order valence-electron chi connectivity index (χ4n) is 2.25. The van der Waals surface area contributed by atoms with Crippen molar-refractivity contribution in [1.82, 2.24) is 10.3 Å². The van der Waals surface area contributed by atoms with Gasteiger partial charge in [-0.2, -0.15) is 13.2 Å². The molecule has 1 unspecified atom stereocenters. The molecule has 25 heavy (non-hydrogen) atoms. The Balaban J connectivity index is 2.14. The second-order valence-corrected chi connectivity index (χ2v) is 5.70. The molecule has 2 rings (SSSR count). The van der Waals surface area contributed by atoms with Gasteiger partial charge in [-0.05, 0) is 36.1 Å². The molecule has 0 bridgehead atoms. The minimum atomic E-state index is -4.39. The van der Waals surface area contributed by atoms with E-state index in [1.807, 2.05) is 6.92 Å². The predicted octanol–water partition coefficient (Wildman–Crippen LogP) is 3.52. The lowest BCUT2D eigenvalue weighted by Crippen LogP contribution is -2.30. The molecule has 1 amide bonds. The highest BCUT2D eigenvalue weighted by Crippen LogP contribution is 2.30. The van der Waals surface area contributed by atoms with Crippen LogP contribution in [0, 0.1) is 5.92 Å². The van der Waals surface area contributed by atoms with Crippen molar-refractivity contribution in [3.63, 3.8) is 0 Å². The van der Waals surface area contributed by atoms with E-state index in [1.54, 1.807) is 6.07 Å². The van der Waals surface area contributed by atoms with Gasteiger partial charge in [0.25, 0.3) is 5.91 Å². The van der Waals surface area contributed by atoms with E-state index in [4.69, 9.17) is 5.11 Å². The number of hydrogen-bond donors (Lipinski definition) is 2. The Bertz CT molecular complexity index is 711. The van der Waals surface area contributed by atoms with Crippen molar-refractivity contribution in [2.75, 3.05) is 13.2 Å². The number of nitrogens with one attached hydrogen (secondary N) is 1. The fraction of sp³-hybridized carbons (Fsp3) is 0.333. The number of nitrogens with zero attached hydrogens (tertiary/aromatic N) is 1. The zero-order valence-corrected chi connectivity index (χ0v) is 13.7. The highest BCUT2D eigenvalue weighted by atomic mass is 19.4. The van der Waals surface area contributed by atoms with E-state index in [0.717, 1.165) is 18.6 Å². The van der Waals surface area contributed by atoms with Gasteiger partial charge >= 0.3 is 6.18 Å². The standard InChI is InChI=1S/C18H19F3N2O2/c1-2-12(11-24)8-23-17(25)15-7-14(9-22-10-15)13-3-5-16(6-4-13)18(19,20)21/h3-7,9-10,12,24H,2,8,11H2,1H3,(H,23,25). The van der Waals surface area contributed by atoms with Crippen molar-refractivity contribution in [1.29, 1.82) is 0 Å². The highest BCUT2D eigenvalue weighted by molar-refractivity contribution is 5.95. The molecule has 0 aliphatic heterocycles. The number of alkyl halides is 3. The maximum atomic E-state index is 12.6. The molecule has 2 aromatic rings. The van der Waals surface area contributed by atoms with Crippen LogP contribution in [0.5, 0.6) is 0 Å². The average molecular weight is 352 g/mol. The number of carbonyl (C=O) groups excluding carboxylic acids is 1. The number of aliphatic hydroxyl groups is 1. The number of pyridine rings is 1. The molecule has 0 saturated heterocycles. The zero-order chi connectivity index (χ0) is 18.4. The van der Waals surface area contributed by atoms with Gasteiger partial charge in [0, 0.05) is 31.1 Å². The molecule has 1 aromatic heterocycles. The Hall–Kier alpha value is -2.41. The lowest BCUT2D eigenvalue weighted by atomic mass is 10.0. The summed E-state index contributed by atoms with van der Waals surface area (Å²) in [4.78, 5) is 16.2. The maximum Gasteiger partial charge on any atom is 0.416 e. The average Bonchev–Trinajstić information content (AvgIpc) is 2.62. The van der Waals surface area contributed by atoms with Crippen molar-refractivity contribution < 1.29 is 23.1 Å². The lowest BCUT2D eigenvalue weighted by molar-refractivity contribution is -0.137. The minimum Gasteiger partial charge on any atom is -0.396 e. The van der Waals surface area contributed by atoms with Crippen LogP contribution >= 0.6 is 0 Å². The van der Waals surface area contributed by atoms with E-state index in [-0.39, 0.29) is 18.4 Å². The third-order valence-corrected chi connectivity index (χ3v) is 3.93. The molecule has 0 radical (unpaired) electrons. The molecule has 1 heterocycles. The molecule has 1 atom stereocenters. The van der Waals surface area contributed by atoms with Crippen LogP contribution in [0.25, 0.3) is 11.1 Å². The number of amides is 1. The highest BCUT2D eigenvalue weighted by Gasteiger charge is 2.30. The third kappa shape index (κ3) is 5.03. The molecule has 7 heteroatoms. The van der Waals surface area contributed by atoms with E-state index in [1.165, 1.54) is 24.5 Å². The molecular formula is C18H19F3N2O2. The van der Waals surface area contributed by atoms with E-state index in [0.29, 0.717) is 23.2 Å². The second-order valence-electron chi connectivity index (χ2n) is 5.70. The van der Waals surface area contributed by atoms with Gasteiger partial charge in [-0.1, -0.05) is 19.1 Å². The van der Waals surface area contributed by atoms with E-state index in [9.17, 15) is 18.0 Å². The molecule has 2 N–H and O–H groups in total. The SMILES string of the molecule is CCC(CO)CNC(=O)c1cncc(-c2ccc(C(F)(F)F)cc2)c1. The Morgan fingerprint density at radius 3 is 2.44 bits per heavy atom. The summed E-state index contributed by atoms with van der Waals surface area (Å²) in [5.74, 6) is -0.358. The number of aliphatic hydroxyl groups excluding tert-OH is 1. The number of carbonyl (C=O) groups is 1. The largest absolute Gasteiger partial charge is 0.416 e. The van der Waals surface area contributed by atoms with Crippen molar-refractivity contribution in [2.24, 2.45) is 5.92 Å². The summed E-state index contributed by atoms with van der Waals surface area (Å²) in [6, 6.07) is 6.26. The van der Waals surface area contributed by atoms with Crippen molar-refractivity contribution >= 4 is 5.91 Å². The maximum absolute atomic E-state index is 12.6. The Labute approximate surface area is 143 Å². The van der Waals surface area contributed by atoms with Crippen LogP contribution in [0.15, 0.2) is 42.7 Å². The van der Waals surface area contributed by atoms with Crippen LogP contribution < -0.4 is 5.32 Å². The van der Waals surface area contributed by atoms with Crippen LogP contribution in [0.3, 0.4) is 0 Å². The van der Waals surface area contributed by atoms with Gasteiger partial charge in [-0.25, -0.2) is 0 Å². The lowest BCUT2D eigenvalue weighted by Gasteiger charge is -2.13. The first-order chi connectivity index (χ1) is 11.8. The molecule has 4 nitrogen and oxygen atoms in total. The summed E-state index contributed by atoms with van der Waals surface area (Å²) in [7, 11) is 0. The number of rotatable bonds is 6. The predicted molar refractivity (Wildman–Crippen MR) is 87.9 cm³/mol. The van der Waals surface area contributed by atoms with Crippen molar-refractivity contribution in [3.05, 3.63) is 53.9 Å². The first-order valence-corrected chi connectivity index (χ1v) is 7.87. The number of benzene rings is 1. The van der Waals surface area contributed by atoms with Crippen molar-refractivity contribution in [3.8, 4) is 11.1 Å². The summed E-state index contributed by atoms with van der Waals surface area (Å²) in [5.41, 5.74) is 0.672. The van der Waals surface area contributed by atoms with E-state index >= 15 is 0 Å². The molecule has 1 aromatic carbocycles. The molecule has 134 valence electrons. The van der Waals surface area contributed by atoms with Gasteiger partial charge in [0.2, 0.25) is 0 Å². The third-order valence-electron chi connectivity index (χ3n) is 3.93. The Morgan fingerprint density at radius 1 is 1.20 bits per heavy atom. The summed E-state index contributed by atoms with van der Waals surface area (Å²) in [6.07, 6.45) is -0.771. The molecule has 0 spiro atoms. The van der Waals surface area contributed by atoms with Crippen LogP contribution in [-0.4, -0.2) is 29.1 Å². The molecule has 0 saturated carbocycles. The van der Waals surface area contributed by atoms with Crippen LogP contribution in [0.2, 0.25) is 0 Å². The Morgan fingerprint density at radius 2 is 1.88 bits per heavy atom. The summed E-state index contributed by atoms with van der Waals surface area (Å²) in [5, 5.41) is 11.9. The summed E-state index contributed by atoms with van der Waals surface area (Å²) in [6.45, 7) is 2.25. The topological polar surface area (TPSA) is 62.2 Å². The summed E-state index contributed by atoms with van der Waals surface area (Å²) < 4.78 is 37.9. The first-order valence-electron chi connectivity index (χ1n) is 7.87. The molecular weight excluding hydrogens is 333 g/mol. The van der Waals surface area contributed by atoms with Crippen LogP contribution in [0.1, 0.15) is 29.3 Å². The van der Waals surface area contributed by atoms with Gasteiger partial charge in [0.15, 0.2) is 0 Å². The van der Waals surface area contributed by atoms with Crippen LogP contribution in [0.4, 0.5) is 13.2 Å². The Kier molecular flexibility index (Phi) is 6.14. The molecule has 0 aliphatic rings. The van der Waals surface area contributed by atoms with E-state index in [2.05, 4.69) is 10.3 Å². The summed E-state index contributed by atoms with van der Waals surface area (Å²) >= 11 is 0. The quantitative estimate of drug-likeness (QED) is 0.836. The smallest absolute Gasteiger partial charge is 0.396 e. The van der Waals surface area contributed by atoms with Gasteiger partial charge in [-0.3, -0.25) is 9.78 Å². The van der Waals surface area contributed by atoms with Crippen molar-refractivity contribution in [2.45, 2.75) is 19.5 Å². The fourth-order valence-corrected chi connectivity index (χ4v) is 2.25. The number of halogens is 3. The number of hydrogen-bond acceptors (Lipinski definition) is 3.